The lowest BCUT2D eigenvalue weighted by Gasteiger charge is -2.35. The summed E-state index contributed by atoms with van der Waals surface area (Å²) in [4.78, 5) is 17.0. The van der Waals surface area contributed by atoms with Gasteiger partial charge in [0.15, 0.2) is 0 Å². The van der Waals surface area contributed by atoms with Crippen LogP contribution in [-0.4, -0.2) is 34.7 Å². The van der Waals surface area contributed by atoms with Crippen LogP contribution in [-0.2, 0) is 0 Å². The molecule has 3 rings (SSSR count). The number of aliphatic hydroxyl groups is 1. The van der Waals surface area contributed by atoms with Gasteiger partial charge >= 0.3 is 5.69 Å². The summed E-state index contributed by atoms with van der Waals surface area (Å²) in [6.45, 7) is 0.700. The van der Waals surface area contributed by atoms with Crippen LogP contribution in [0, 0.1) is 16.0 Å². The van der Waals surface area contributed by atoms with Crippen molar-refractivity contribution < 1.29 is 10.0 Å². The Hall–Kier alpha value is -2.21. The highest BCUT2D eigenvalue weighted by Crippen LogP contribution is 2.36. The predicted octanol–water partition coefficient (Wildman–Crippen LogP) is 2.35. The highest BCUT2D eigenvalue weighted by atomic mass is 16.6. The van der Waals surface area contributed by atoms with E-state index in [1.807, 2.05) is 36.2 Å². The highest BCUT2D eigenvalue weighted by Gasteiger charge is 2.30. The van der Waals surface area contributed by atoms with Crippen molar-refractivity contribution in [3.8, 4) is 0 Å². The van der Waals surface area contributed by atoms with Crippen LogP contribution >= 0.6 is 0 Å². The number of nitro groups is 1. The first-order valence-corrected chi connectivity index (χ1v) is 6.97. The zero-order valence-corrected chi connectivity index (χ0v) is 11.8. The number of hydrogen-bond acceptors (Lipinski definition) is 5. The fourth-order valence-corrected chi connectivity index (χ4v) is 2.98. The summed E-state index contributed by atoms with van der Waals surface area (Å²) in [6, 6.07) is 7.44. The van der Waals surface area contributed by atoms with E-state index in [1.165, 1.54) is 6.20 Å². The van der Waals surface area contributed by atoms with Gasteiger partial charge < -0.3 is 10.0 Å². The number of nitrogens with zero attached hydrogens (tertiary/aromatic N) is 3. The van der Waals surface area contributed by atoms with Crippen molar-refractivity contribution in [1.82, 2.24) is 4.98 Å². The van der Waals surface area contributed by atoms with E-state index in [0.29, 0.717) is 18.2 Å². The molecule has 1 saturated carbocycles. The molecule has 1 fully saturated rings. The first-order valence-electron chi connectivity index (χ1n) is 6.97. The molecule has 6 nitrogen and oxygen atoms in total. The zero-order chi connectivity index (χ0) is 15.0. The Morgan fingerprint density at radius 3 is 2.81 bits per heavy atom. The molecule has 0 bridgehead atoms. The van der Waals surface area contributed by atoms with Crippen LogP contribution < -0.4 is 4.90 Å². The van der Waals surface area contributed by atoms with E-state index in [2.05, 4.69) is 4.98 Å². The Morgan fingerprint density at radius 1 is 1.43 bits per heavy atom. The topological polar surface area (TPSA) is 79.5 Å². The van der Waals surface area contributed by atoms with E-state index >= 15 is 0 Å². The molecule has 1 aliphatic carbocycles. The summed E-state index contributed by atoms with van der Waals surface area (Å²) in [5.41, 5.74) is 1.38. The number of pyridine rings is 1. The maximum absolute atomic E-state index is 11.3. The van der Waals surface area contributed by atoms with Crippen molar-refractivity contribution in [3.05, 3.63) is 40.6 Å². The average Bonchev–Trinajstić information content (AvgIpc) is 2.44. The number of benzene rings is 1. The minimum absolute atomic E-state index is 0.0241. The van der Waals surface area contributed by atoms with Crippen LogP contribution in [0.25, 0.3) is 10.9 Å². The summed E-state index contributed by atoms with van der Waals surface area (Å²) < 4.78 is 0. The van der Waals surface area contributed by atoms with Crippen molar-refractivity contribution in [2.75, 3.05) is 18.5 Å². The summed E-state index contributed by atoms with van der Waals surface area (Å²) in [5, 5.41) is 21.5. The van der Waals surface area contributed by atoms with Gasteiger partial charge in [0.2, 0.25) is 0 Å². The van der Waals surface area contributed by atoms with E-state index in [0.717, 1.165) is 23.7 Å². The molecule has 1 aliphatic rings. The molecule has 2 aromatic rings. The third-order valence-electron chi connectivity index (χ3n) is 4.05. The first kappa shape index (κ1) is 13.8. The summed E-state index contributed by atoms with van der Waals surface area (Å²) in [5.74, 6) is 0.386. The number of fused-ring (bicyclic) bond motifs is 1. The number of aromatic nitrogens is 1. The lowest BCUT2D eigenvalue weighted by Crippen LogP contribution is -2.37. The Balaban J connectivity index is 2.01. The van der Waals surface area contributed by atoms with Crippen LogP contribution in [0.5, 0.6) is 0 Å². The number of aliphatic hydroxyl groups excluding tert-OH is 1. The van der Waals surface area contributed by atoms with Gasteiger partial charge in [-0.2, -0.15) is 0 Å². The van der Waals surface area contributed by atoms with E-state index in [4.69, 9.17) is 0 Å². The SMILES string of the molecule is CN(CC1CC(O)C1)c1c([N+](=O)[O-])cnc2ccccc12. The van der Waals surface area contributed by atoms with Crippen LogP contribution in [0.3, 0.4) is 0 Å². The van der Waals surface area contributed by atoms with Gasteiger partial charge in [-0.15, -0.1) is 0 Å². The largest absolute Gasteiger partial charge is 0.393 e. The van der Waals surface area contributed by atoms with E-state index in [9.17, 15) is 15.2 Å². The smallest absolute Gasteiger partial charge is 0.311 e. The maximum Gasteiger partial charge on any atom is 0.311 e. The van der Waals surface area contributed by atoms with Crippen molar-refractivity contribution in [3.63, 3.8) is 0 Å². The normalized spacial score (nSPS) is 21.0. The molecule has 0 unspecified atom stereocenters. The first-order chi connectivity index (χ1) is 10.1. The van der Waals surface area contributed by atoms with Gasteiger partial charge in [0.05, 0.1) is 16.5 Å². The van der Waals surface area contributed by atoms with Gasteiger partial charge in [-0.3, -0.25) is 10.1 Å². The molecule has 1 N–H and O–H groups in total. The second-order valence-electron chi connectivity index (χ2n) is 5.64. The summed E-state index contributed by atoms with van der Waals surface area (Å²) in [6.07, 6.45) is 2.64. The Kier molecular flexibility index (Phi) is 3.47. The maximum atomic E-state index is 11.3. The molecule has 0 aliphatic heterocycles. The number of hydrogen-bond donors (Lipinski definition) is 1. The Labute approximate surface area is 122 Å². The number of para-hydroxylation sites is 1. The molecule has 110 valence electrons. The van der Waals surface area contributed by atoms with Crippen molar-refractivity contribution >= 4 is 22.3 Å². The zero-order valence-electron chi connectivity index (χ0n) is 11.8. The molecule has 1 heterocycles. The quantitative estimate of drug-likeness (QED) is 0.689. The van der Waals surface area contributed by atoms with Gasteiger partial charge in [-0.1, -0.05) is 18.2 Å². The summed E-state index contributed by atoms with van der Waals surface area (Å²) >= 11 is 0. The van der Waals surface area contributed by atoms with Gasteiger partial charge in [-0.05, 0) is 24.8 Å². The Morgan fingerprint density at radius 2 is 2.14 bits per heavy atom. The molecule has 0 radical (unpaired) electrons. The van der Waals surface area contributed by atoms with Gasteiger partial charge in [0, 0.05) is 19.0 Å². The minimum atomic E-state index is -0.388. The second kappa shape index (κ2) is 5.29. The molecule has 21 heavy (non-hydrogen) atoms. The monoisotopic (exact) mass is 287 g/mol. The molecule has 1 aromatic heterocycles. The lowest BCUT2D eigenvalue weighted by atomic mass is 9.82. The van der Waals surface area contributed by atoms with Crippen LogP contribution in [0.1, 0.15) is 12.8 Å². The average molecular weight is 287 g/mol. The second-order valence-corrected chi connectivity index (χ2v) is 5.64. The van der Waals surface area contributed by atoms with E-state index in [-0.39, 0.29) is 16.7 Å². The third-order valence-corrected chi connectivity index (χ3v) is 4.05. The summed E-state index contributed by atoms with van der Waals surface area (Å²) in [7, 11) is 1.86. The van der Waals surface area contributed by atoms with Crippen LogP contribution in [0.2, 0.25) is 0 Å². The number of rotatable bonds is 4. The fraction of sp³-hybridized carbons (Fsp3) is 0.400. The Bertz CT molecular complexity index is 683. The third kappa shape index (κ3) is 2.54. The minimum Gasteiger partial charge on any atom is -0.393 e. The fourth-order valence-electron chi connectivity index (χ4n) is 2.98. The highest BCUT2D eigenvalue weighted by molar-refractivity contribution is 5.96. The molecule has 0 spiro atoms. The molecule has 0 atom stereocenters. The van der Waals surface area contributed by atoms with Gasteiger partial charge in [0.1, 0.15) is 11.9 Å². The lowest BCUT2D eigenvalue weighted by molar-refractivity contribution is -0.384. The number of anilines is 1. The molecular formula is C15H17N3O3. The molecule has 1 aromatic carbocycles. The van der Waals surface area contributed by atoms with Crippen molar-refractivity contribution in [1.29, 1.82) is 0 Å². The standard InChI is InChI=1S/C15H17N3O3/c1-17(9-10-6-11(19)7-10)15-12-4-2-3-5-13(12)16-8-14(15)18(20)21/h2-5,8,10-11,19H,6-7,9H2,1H3. The van der Waals surface area contributed by atoms with E-state index < -0.39 is 0 Å². The van der Waals surface area contributed by atoms with Crippen molar-refractivity contribution in [2.45, 2.75) is 18.9 Å². The van der Waals surface area contributed by atoms with E-state index in [1.54, 1.807) is 0 Å². The molecular weight excluding hydrogens is 270 g/mol. The molecule has 0 amide bonds. The molecule has 6 heteroatoms. The van der Waals surface area contributed by atoms with Crippen LogP contribution in [0.15, 0.2) is 30.5 Å². The van der Waals surface area contributed by atoms with Gasteiger partial charge in [0.25, 0.3) is 0 Å². The van der Waals surface area contributed by atoms with Gasteiger partial charge in [-0.25, -0.2) is 4.98 Å². The van der Waals surface area contributed by atoms with Crippen molar-refractivity contribution in [2.24, 2.45) is 5.92 Å². The van der Waals surface area contributed by atoms with Crippen LogP contribution in [0.4, 0.5) is 11.4 Å². The molecule has 0 saturated heterocycles. The predicted molar refractivity (Wildman–Crippen MR) is 80.4 cm³/mol.